The van der Waals surface area contributed by atoms with Crippen LogP contribution in [0.4, 0.5) is 0 Å². The number of aliphatic hydroxyl groups excluding tert-OH is 6. The minimum atomic E-state index is -1.37. The predicted molar refractivity (Wildman–Crippen MR) is 148 cm³/mol. The second-order valence-electron chi connectivity index (χ2n) is 9.72. The summed E-state index contributed by atoms with van der Waals surface area (Å²) in [5.74, 6) is 0. The molecular formula is C24H28N6O8S3. The number of thiophene rings is 2. The van der Waals surface area contributed by atoms with Crippen LogP contribution in [0, 0.1) is 0 Å². The first kappa shape index (κ1) is 28.8. The predicted octanol–water partition coefficient (Wildman–Crippen LogP) is -0.280. The fourth-order valence-electron chi connectivity index (χ4n) is 5.05. The first-order valence-electron chi connectivity index (χ1n) is 12.7. The van der Waals surface area contributed by atoms with E-state index in [1.165, 1.54) is 32.0 Å². The molecular weight excluding hydrogens is 596 g/mol. The molecule has 41 heavy (non-hydrogen) atoms. The van der Waals surface area contributed by atoms with Crippen LogP contribution in [0.15, 0.2) is 46.0 Å². The molecule has 2 aliphatic heterocycles. The molecule has 6 heterocycles. The fraction of sp³-hybridized carbons (Fsp3) is 0.500. The fourth-order valence-corrected chi connectivity index (χ4v) is 7.67. The van der Waals surface area contributed by atoms with Gasteiger partial charge in [-0.1, -0.05) is 22.2 Å². The van der Waals surface area contributed by atoms with Gasteiger partial charge in [0.25, 0.3) is 0 Å². The average molecular weight is 625 g/mol. The second-order valence-corrected chi connectivity index (χ2v) is 12.5. The monoisotopic (exact) mass is 624 g/mol. The maximum atomic E-state index is 11.4. The quantitative estimate of drug-likeness (QED) is 0.150. The van der Waals surface area contributed by atoms with Crippen molar-refractivity contribution in [2.45, 2.75) is 59.6 Å². The third-order valence-electron chi connectivity index (χ3n) is 7.23. The summed E-state index contributed by atoms with van der Waals surface area (Å²) < 4.78 is 14.3. The molecule has 0 radical (unpaired) electrons. The molecule has 220 valence electrons. The standard InChI is InChI=1S/C24H28N6O8S3/c31-7-15-19(33)17(29-5-13(25-27-29)11-1-3-39-9-11)21(35)23(37-15)41-24-22(36)18(20(34)16(8-32)38-24)30-6-14(26-28-30)12-2-4-40-10-12/h1-6,9-10,15-24,31-36H,7-8H2/t15-,16?,17?,18?,19?,20?,21?,22?,23+,24?/m1/s1. The summed E-state index contributed by atoms with van der Waals surface area (Å²) in [6.45, 7) is -1.10. The Balaban J connectivity index is 1.25. The summed E-state index contributed by atoms with van der Waals surface area (Å²) >= 11 is 3.88. The van der Waals surface area contributed by atoms with Gasteiger partial charge in [0.15, 0.2) is 0 Å². The first-order valence-corrected chi connectivity index (χ1v) is 15.5. The van der Waals surface area contributed by atoms with E-state index in [4.69, 9.17) is 9.47 Å². The Labute approximate surface area is 245 Å². The van der Waals surface area contributed by atoms with Gasteiger partial charge in [-0.05, 0) is 22.9 Å². The zero-order valence-electron chi connectivity index (χ0n) is 21.2. The van der Waals surface area contributed by atoms with E-state index in [0.29, 0.717) is 11.4 Å². The number of hydrogen-bond acceptors (Lipinski definition) is 15. The summed E-state index contributed by atoms with van der Waals surface area (Å²) in [5, 5.41) is 88.6. The molecule has 0 spiro atoms. The number of aliphatic hydroxyl groups is 6. The van der Waals surface area contributed by atoms with Crippen LogP contribution in [-0.2, 0) is 9.47 Å². The number of hydrogen-bond donors (Lipinski definition) is 6. The van der Waals surface area contributed by atoms with E-state index in [1.807, 2.05) is 33.7 Å². The van der Waals surface area contributed by atoms with Crippen molar-refractivity contribution in [1.29, 1.82) is 0 Å². The molecule has 2 fully saturated rings. The molecule has 17 heteroatoms. The maximum Gasteiger partial charge on any atom is 0.134 e. The second kappa shape index (κ2) is 12.1. The van der Waals surface area contributed by atoms with Gasteiger partial charge in [-0.2, -0.15) is 22.7 Å². The van der Waals surface area contributed by atoms with Crippen molar-refractivity contribution in [2.24, 2.45) is 0 Å². The van der Waals surface area contributed by atoms with Crippen LogP contribution in [0.5, 0.6) is 0 Å². The lowest BCUT2D eigenvalue weighted by Gasteiger charge is -2.46. The smallest absolute Gasteiger partial charge is 0.134 e. The van der Waals surface area contributed by atoms with Gasteiger partial charge in [-0.3, -0.25) is 0 Å². The first-order chi connectivity index (χ1) is 19.9. The molecule has 0 amide bonds. The van der Waals surface area contributed by atoms with Crippen molar-refractivity contribution in [1.82, 2.24) is 30.0 Å². The lowest BCUT2D eigenvalue weighted by atomic mass is 9.97. The minimum Gasteiger partial charge on any atom is -0.394 e. The van der Waals surface area contributed by atoms with Gasteiger partial charge in [0.2, 0.25) is 0 Å². The van der Waals surface area contributed by atoms with Crippen LogP contribution >= 0.6 is 34.4 Å². The molecule has 10 atom stereocenters. The van der Waals surface area contributed by atoms with Gasteiger partial charge in [0, 0.05) is 21.9 Å². The van der Waals surface area contributed by atoms with Crippen molar-refractivity contribution in [3.8, 4) is 22.5 Å². The van der Waals surface area contributed by atoms with Crippen LogP contribution in [-0.4, -0.2) is 121 Å². The molecule has 0 aromatic carbocycles. The van der Waals surface area contributed by atoms with E-state index in [9.17, 15) is 30.6 Å². The molecule has 4 aromatic heterocycles. The van der Waals surface area contributed by atoms with E-state index in [-0.39, 0.29) is 0 Å². The third kappa shape index (κ3) is 5.48. The van der Waals surface area contributed by atoms with Crippen LogP contribution < -0.4 is 0 Å². The molecule has 6 rings (SSSR count). The van der Waals surface area contributed by atoms with Crippen molar-refractivity contribution >= 4 is 34.4 Å². The number of nitrogens with zero attached hydrogens (tertiary/aromatic N) is 6. The molecule has 14 nitrogen and oxygen atoms in total. The summed E-state index contributed by atoms with van der Waals surface area (Å²) in [4.78, 5) is 0. The molecule has 2 saturated heterocycles. The third-order valence-corrected chi connectivity index (χ3v) is 9.91. The highest BCUT2D eigenvalue weighted by atomic mass is 32.2. The molecule has 4 aromatic rings. The number of rotatable bonds is 8. The SMILES string of the molecule is OCC1OC(S[C@@H]2O[C@H](CO)C(O)C(n3cc(-c4ccsc4)nn3)C2O)C(O)C(n2cc(-c3ccsc3)nn2)C1O. The molecule has 2 aliphatic rings. The van der Waals surface area contributed by atoms with E-state index in [1.54, 1.807) is 12.4 Å². The van der Waals surface area contributed by atoms with Gasteiger partial charge in [0.05, 0.1) is 25.6 Å². The zero-order valence-corrected chi connectivity index (χ0v) is 23.7. The van der Waals surface area contributed by atoms with Crippen LogP contribution in [0.25, 0.3) is 22.5 Å². The summed E-state index contributed by atoms with van der Waals surface area (Å²) in [6, 6.07) is 1.65. The molecule has 0 bridgehead atoms. The van der Waals surface area contributed by atoms with Crippen molar-refractivity contribution in [3.05, 3.63) is 46.0 Å². The molecule has 0 aliphatic carbocycles. The molecule has 8 unspecified atom stereocenters. The lowest BCUT2D eigenvalue weighted by Crippen LogP contribution is -2.58. The Bertz CT molecular complexity index is 1300. The van der Waals surface area contributed by atoms with Crippen LogP contribution in [0.1, 0.15) is 12.1 Å². The van der Waals surface area contributed by atoms with Gasteiger partial charge >= 0.3 is 0 Å². The largest absolute Gasteiger partial charge is 0.394 e. The Morgan fingerprint density at radius 2 is 1.15 bits per heavy atom. The normalized spacial score (nSPS) is 34.2. The zero-order chi connectivity index (χ0) is 28.7. The van der Waals surface area contributed by atoms with E-state index < -0.39 is 72.8 Å². The Morgan fingerprint density at radius 1 is 0.707 bits per heavy atom. The number of ether oxygens (including phenoxy) is 2. The Kier molecular flexibility index (Phi) is 8.53. The van der Waals surface area contributed by atoms with E-state index in [2.05, 4.69) is 20.6 Å². The molecule has 6 N–H and O–H groups in total. The number of aromatic nitrogens is 6. The molecule has 0 saturated carbocycles. The van der Waals surface area contributed by atoms with Crippen molar-refractivity contribution < 1.29 is 40.1 Å². The maximum absolute atomic E-state index is 11.4. The topological polar surface area (TPSA) is 201 Å². The van der Waals surface area contributed by atoms with Gasteiger partial charge in [-0.15, -0.1) is 10.2 Å². The highest BCUT2D eigenvalue weighted by Crippen LogP contribution is 2.42. The van der Waals surface area contributed by atoms with Crippen LogP contribution in [0.3, 0.4) is 0 Å². The summed E-state index contributed by atoms with van der Waals surface area (Å²) in [5.41, 5.74) is 0.532. The van der Waals surface area contributed by atoms with Gasteiger partial charge in [0.1, 0.15) is 71.0 Å². The number of thioether (sulfide) groups is 1. The lowest BCUT2D eigenvalue weighted by molar-refractivity contribution is -0.189. The Hall–Kier alpha value is -2.29. The highest BCUT2D eigenvalue weighted by molar-refractivity contribution is 8.00. The minimum absolute atomic E-state index is 0.546. The highest BCUT2D eigenvalue weighted by Gasteiger charge is 2.51. The Morgan fingerprint density at radius 3 is 1.51 bits per heavy atom. The van der Waals surface area contributed by atoms with Crippen molar-refractivity contribution in [3.63, 3.8) is 0 Å². The summed E-state index contributed by atoms with van der Waals surface area (Å²) in [6.07, 6.45) is -4.39. The van der Waals surface area contributed by atoms with E-state index >= 15 is 0 Å². The van der Waals surface area contributed by atoms with Gasteiger partial charge in [-0.25, -0.2) is 9.36 Å². The summed E-state index contributed by atoms with van der Waals surface area (Å²) in [7, 11) is 0. The van der Waals surface area contributed by atoms with E-state index in [0.717, 1.165) is 22.9 Å². The van der Waals surface area contributed by atoms with Crippen molar-refractivity contribution in [2.75, 3.05) is 13.2 Å². The average Bonchev–Trinajstić information content (AvgIpc) is 3.79. The van der Waals surface area contributed by atoms with Gasteiger partial charge < -0.3 is 40.1 Å². The van der Waals surface area contributed by atoms with Crippen LogP contribution in [0.2, 0.25) is 0 Å².